The molecule has 0 radical (unpaired) electrons. The molecule has 0 unspecified atom stereocenters. The molecule has 0 aliphatic heterocycles. The van der Waals surface area contributed by atoms with Gasteiger partial charge in [-0.3, -0.25) is 9.63 Å². The van der Waals surface area contributed by atoms with Crippen LogP contribution >= 0.6 is 0 Å². The van der Waals surface area contributed by atoms with Gasteiger partial charge in [0, 0.05) is 0 Å². The number of aliphatic carboxylic acids is 1. The number of rotatable bonds is 6. The molecule has 0 fully saturated rings. The minimum atomic E-state index is -1.20. The van der Waals surface area contributed by atoms with Gasteiger partial charge in [0.1, 0.15) is 6.54 Å². The van der Waals surface area contributed by atoms with Gasteiger partial charge in [0.15, 0.2) is 12.4 Å². The average Bonchev–Trinajstić information content (AvgIpc) is 2.97. The van der Waals surface area contributed by atoms with Crippen molar-refractivity contribution in [2.24, 2.45) is 0 Å². The largest absolute Gasteiger partial charge is 0.479 e. The number of hydroxylamine groups is 1. The number of nitrogens with zero attached hydrogens (tertiary/aromatic N) is 4. The molecule has 0 atom stereocenters. The standard InChI is InChI=1S/C9H9N5O5/c15-7(12-19-5-8(16)17)4-14-11-9(10-13-14)6-2-1-3-18-6/h1-3H,4-5H2,(H,12,15)(H,16,17). The first-order valence-corrected chi connectivity index (χ1v) is 5.09. The molecule has 10 heteroatoms. The number of tetrazole rings is 1. The van der Waals surface area contributed by atoms with Crippen LogP contribution in [0.15, 0.2) is 22.8 Å². The molecule has 0 aromatic carbocycles. The van der Waals surface area contributed by atoms with Crippen molar-refractivity contribution < 1.29 is 24.0 Å². The van der Waals surface area contributed by atoms with Gasteiger partial charge in [0.25, 0.3) is 5.91 Å². The fraction of sp³-hybridized carbons (Fsp3) is 0.222. The number of aromatic nitrogens is 4. The van der Waals surface area contributed by atoms with E-state index in [1.54, 1.807) is 12.1 Å². The summed E-state index contributed by atoms with van der Waals surface area (Å²) in [5.41, 5.74) is 1.93. The lowest BCUT2D eigenvalue weighted by molar-refractivity contribution is -0.149. The van der Waals surface area contributed by atoms with Gasteiger partial charge < -0.3 is 9.52 Å². The highest BCUT2D eigenvalue weighted by molar-refractivity contribution is 5.74. The van der Waals surface area contributed by atoms with Crippen molar-refractivity contribution in [1.29, 1.82) is 0 Å². The molecular formula is C9H9N5O5. The molecule has 100 valence electrons. The van der Waals surface area contributed by atoms with E-state index in [1.807, 2.05) is 5.48 Å². The maximum absolute atomic E-state index is 11.3. The van der Waals surface area contributed by atoms with Gasteiger partial charge in [0.05, 0.1) is 6.26 Å². The Morgan fingerprint density at radius 1 is 1.53 bits per heavy atom. The zero-order valence-corrected chi connectivity index (χ0v) is 9.52. The Hall–Kier alpha value is -2.75. The van der Waals surface area contributed by atoms with Gasteiger partial charge in [-0.1, -0.05) is 0 Å². The monoisotopic (exact) mass is 267 g/mol. The van der Waals surface area contributed by atoms with Crippen molar-refractivity contribution in [3.05, 3.63) is 18.4 Å². The molecule has 0 saturated heterocycles. The van der Waals surface area contributed by atoms with Gasteiger partial charge in [-0.2, -0.15) is 4.80 Å². The van der Waals surface area contributed by atoms with Gasteiger partial charge in [0.2, 0.25) is 5.82 Å². The second kappa shape index (κ2) is 5.73. The number of amides is 1. The predicted molar refractivity (Wildman–Crippen MR) is 57.2 cm³/mol. The molecular weight excluding hydrogens is 258 g/mol. The normalized spacial score (nSPS) is 10.3. The SMILES string of the molecule is O=C(O)CONC(=O)Cn1nnc(-c2ccco2)n1. The van der Waals surface area contributed by atoms with Crippen molar-refractivity contribution in [2.45, 2.75) is 6.54 Å². The highest BCUT2D eigenvalue weighted by atomic mass is 16.7. The van der Waals surface area contributed by atoms with Crippen LogP contribution in [0.4, 0.5) is 0 Å². The lowest BCUT2D eigenvalue weighted by Crippen LogP contribution is -2.30. The third-order valence-corrected chi connectivity index (χ3v) is 1.86. The minimum absolute atomic E-state index is 0.240. The maximum Gasteiger partial charge on any atom is 0.332 e. The maximum atomic E-state index is 11.3. The van der Waals surface area contributed by atoms with E-state index in [0.717, 1.165) is 4.80 Å². The summed E-state index contributed by atoms with van der Waals surface area (Å²) in [5.74, 6) is -1.14. The van der Waals surface area contributed by atoms with Crippen LogP contribution < -0.4 is 5.48 Å². The lowest BCUT2D eigenvalue weighted by Gasteiger charge is -2.01. The molecule has 2 aromatic heterocycles. The van der Waals surface area contributed by atoms with E-state index < -0.39 is 18.5 Å². The van der Waals surface area contributed by atoms with Crippen molar-refractivity contribution >= 4 is 11.9 Å². The van der Waals surface area contributed by atoms with Gasteiger partial charge in [-0.25, -0.2) is 10.3 Å². The Kier molecular flexibility index (Phi) is 3.83. The topological polar surface area (TPSA) is 132 Å². The Balaban J connectivity index is 1.86. The average molecular weight is 267 g/mol. The Labute approximate surface area is 105 Å². The lowest BCUT2D eigenvalue weighted by atomic mass is 10.4. The smallest absolute Gasteiger partial charge is 0.332 e. The molecule has 0 spiro atoms. The van der Waals surface area contributed by atoms with Crippen LogP contribution in [0.25, 0.3) is 11.6 Å². The molecule has 2 rings (SSSR count). The predicted octanol–water partition coefficient (Wildman–Crippen LogP) is -0.934. The summed E-state index contributed by atoms with van der Waals surface area (Å²) in [4.78, 5) is 26.9. The third kappa shape index (κ3) is 3.61. The molecule has 2 heterocycles. The summed E-state index contributed by atoms with van der Waals surface area (Å²) < 4.78 is 5.06. The van der Waals surface area contributed by atoms with Gasteiger partial charge >= 0.3 is 5.97 Å². The first kappa shape index (κ1) is 12.7. The van der Waals surface area contributed by atoms with E-state index in [0.29, 0.717) is 5.76 Å². The molecule has 19 heavy (non-hydrogen) atoms. The third-order valence-electron chi connectivity index (χ3n) is 1.86. The number of carbonyl (C=O) groups is 2. The van der Waals surface area contributed by atoms with Crippen molar-refractivity contribution in [2.75, 3.05) is 6.61 Å². The number of carboxylic acid groups (broad SMARTS) is 1. The Morgan fingerprint density at radius 2 is 2.37 bits per heavy atom. The Morgan fingerprint density at radius 3 is 3.05 bits per heavy atom. The highest BCUT2D eigenvalue weighted by Gasteiger charge is 2.11. The molecule has 10 nitrogen and oxygen atoms in total. The summed E-state index contributed by atoms with van der Waals surface area (Å²) in [5, 5.41) is 19.5. The number of carbonyl (C=O) groups excluding carboxylic acids is 1. The highest BCUT2D eigenvalue weighted by Crippen LogP contribution is 2.12. The first-order chi connectivity index (χ1) is 9.15. The number of hydrogen-bond donors (Lipinski definition) is 2. The second-order valence-corrected chi connectivity index (χ2v) is 3.33. The number of furan rings is 1. The number of nitrogens with one attached hydrogen (secondary N) is 1. The fourth-order valence-corrected chi connectivity index (χ4v) is 1.15. The van der Waals surface area contributed by atoms with Crippen LogP contribution in [-0.2, 0) is 21.0 Å². The number of hydrogen-bond acceptors (Lipinski definition) is 7. The molecule has 0 saturated carbocycles. The van der Waals surface area contributed by atoms with Crippen LogP contribution in [0.2, 0.25) is 0 Å². The summed E-state index contributed by atoms with van der Waals surface area (Å²) in [6.07, 6.45) is 1.46. The van der Waals surface area contributed by atoms with Crippen LogP contribution in [0.1, 0.15) is 0 Å². The molecule has 2 N–H and O–H groups in total. The van der Waals surface area contributed by atoms with Crippen LogP contribution in [0.5, 0.6) is 0 Å². The van der Waals surface area contributed by atoms with E-state index in [2.05, 4.69) is 20.2 Å². The van der Waals surface area contributed by atoms with E-state index in [4.69, 9.17) is 9.52 Å². The minimum Gasteiger partial charge on any atom is -0.479 e. The van der Waals surface area contributed by atoms with Gasteiger partial charge in [-0.05, 0) is 17.3 Å². The summed E-state index contributed by atoms with van der Waals surface area (Å²) in [7, 11) is 0. The van der Waals surface area contributed by atoms with E-state index in [9.17, 15) is 9.59 Å². The van der Waals surface area contributed by atoms with Crippen molar-refractivity contribution in [3.8, 4) is 11.6 Å². The van der Waals surface area contributed by atoms with Gasteiger partial charge in [-0.15, -0.1) is 10.2 Å². The fourth-order valence-electron chi connectivity index (χ4n) is 1.15. The molecule has 0 aliphatic rings. The van der Waals surface area contributed by atoms with E-state index in [1.165, 1.54) is 6.26 Å². The van der Waals surface area contributed by atoms with E-state index in [-0.39, 0.29) is 12.4 Å². The van der Waals surface area contributed by atoms with Crippen LogP contribution in [0.3, 0.4) is 0 Å². The van der Waals surface area contributed by atoms with Crippen LogP contribution in [0, 0.1) is 0 Å². The zero-order valence-electron chi connectivity index (χ0n) is 9.52. The second-order valence-electron chi connectivity index (χ2n) is 3.33. The summed E-state index contributed by atoms with van der Waals surface area (Å²) in [6.45, 7) is -0.887. The molecule has 1 amide bonds. The van der Waals surface area contributed by atoms with Crippen molar-refractivity contribution in [3.63, 3.8) is 0 Å². The quantitative estimate of drug-likeness (QED) is 0.641. The summed E-state index contributed by atoms with van der Waals surface area (Å²) in [6, 6.07) is 3.32. The van der Waals surface area contributed by atoms with E-state index >= 15 is 0 Å². The number of carboxylic acids is 1. The van der Waals surface area contributed by atoms with Crippen molar-refractivity contribution in [1.82, 2.24) is 25.7 Å². The first-order valence-electron chi connectivity index (χ1n) is 5.09. The molecule has 0 aliphatic carbocycles. The summed E-state index contributed by atoms with van der Waals surface area (Å²) >= 11 is 0. The molecule has 0 bridgehead atoms. The molecule has 2 aromatic rings. The Bertz CT molecular complexity index is 563. The zero-order chi connectivity index (χ0) is 13.7. The van der Waals surface area contributed by atoms with Crippen LogP contribution in [-0.4, -0.2) is 43.8 Å².